The summed E-state index contributed by atoms with van der Waals surface area (Å²) in [4.78, 5) is 0. The molecule has 1 aliphatic rings. The molecule has 1 N–H and O–H groups in total. The second kappa shape index (κ2) is 6.30. The van der Waals surface area contributed by atoms with Gasteiger partial charge in [0, 0.05) is 36.8 Å². The van der Waals surface area contributed by atoms with E-state index in [0.717, 1.165) is 12.5 Å². The van der Waals surface area contributed by atoms with Crippen molar-refractivity contribution in [3.63, 3.8) is 0 Å². The highest BCUT2D eigenvalue weighted by Gasteiger charge is 2.22. The van der Waals surface area contributed by atoms with E-state index in [-0.39, 0.29) is 5.41 Å². The zero-order chi connectivity index (χ0) is 14.8. The molecule has 0 amide bonds. The van der Waals surface area contributed by atoms with Crippen LogP contribution in [0.25, 0.3) is 0 Å². The first-order valence-corrected chi connectivity index (χ1v) is 8.12. The Balaban J connectivity index is 1.97. The third-order valence-electron chi connectivity index (χ3n) is 4.45. The van der Waals surface area contributed by atoms with Gasteiger partial charge in [-0.2, -0.15) is 5.10 Å². The Morgan fingerprint density at radius 1 is 1.25 bits per heavy atom. The maximum Gasteiger partial charge on any atom is 0.0722 e. The van der Waals surface area contributed by atoms with Gasteiger partial charge in [0.2, 0.25) is 0 Å². The predicted octanol–water partition coefficient (Wildman–Crippen LogP) is 3.78. The summed E-state index contributed by atoms with van der Waals surface area (Å²) in [6.45, 7) is 10.1. The first-order chi connectivity index (χ1) is 9.36. The molecule has 0 saturated heterocycles. The van der Waals surface area contributed by atoms with Crippen LogP contribution in [0.15, 0.2) is 6.20 Å². The van der Waals surface area contributed by atoms with Crippen LogP contribution < -0.4 is 5.32 Å². The molecule has 0 aromatic carbocycles. The Bertz CT molecular complexity index is 428. The van der Waals surface area contributed by atoms with Crippen molar-refractivity contribution in [2.24, 2.45) is 13.0 Å². The predicted molar refractivity (Wildman–Crippen MR) is 84.8 cm³/mol. The minimum atomic E-state index is 0.121. The number of aromatic nitrogens is 2. The molecule has 2 rings (SSSR count). The standard InChI is InChI=1S/C17H31N3/c1-13-7-6-8-15(10-9-13)18-11-14-12-20(5)19-16(14)17(2,3)4/h12-13,15,18H,6-11H2,1-5H3. The van der Waals surface area contributed by atoms with E-state index in [2.05, 4.69) is 44.3 Å². The van der Waals surface area contributed by atoms with Gasteiger partial charge in [-0.1, -0.05) is 40.5 Å². The fourth-order valence-electron chi connectivity index (χ4n) is 3.24. The number of nitrogens with zero attached hydrogens (tertiary/aromatic N) is 2. The average molecular weight is 277 g/mol. The lowest BCUT2D eigenvalue weighted by Crippen LogP contribution is -2.29. The van der Waals surface area contributed by atoms with Crippen LogP contribution in [-0.4, -0.2) is 15.8 Å². The van der Waals surface area contributed by atoms with Gasteiger partial charge in [0.15, 0.2) is 0 Å². The van der Waals surface area contributed by atoms with Gasteiger partial charge < -0.3 is 5.32 Å². The van der Waals surface area contributed by atoms with Crippen molar-refractivity contribution in [3.05, 3.63) is 17.5 Å². The van der Waals surface area contributed by atoms with Crippen molar-refractivity contribution in [3.8, 4) is 0 Å². The molecule has 1 fully saturated rings. The van der Waals surface area contributed by atoms with Crippen LogP contribution in [0, 0.1) is 5.92 Å². The van der Waals surface area contributed by atoms with Crippen LogP contribution in [0.5, 0.6) is 0 Å². The number of rotatable bonds is 3. The summed E-state index contributed by atoms with van der Waals surface area (Å²) < 4.78 is 1.95. The summed E-state index contributed by atoms with van der Waals surface area (Å²) >= 11 is 0. The smallest absolute Gasteiger partial charge is 0.0722 e. The molecule has 1 aromatic rings. The maximum atomic E-state index is 4.65. The van der Waals surface area contributed by atoms with Gasteiger partial charge in [0.05, 0.1) is 5.69 Å². The van der Waals surface area contributed by atoms with Crippen molar-refractivity contribution in [2.45, 2.75) is 77.8 Å². The van der Waals surface area contributed by atoms with E-state index >= 15 is 0 Å². The first kappa shape index (κ1) is 15.6. The molecule has 2 unspecified atom stereocenters. The van der Waals surface area contributed by atoms with Crippen LogP contribution >= 0.6 is 0 Å². The van der Waals surface area contributed by atoms with Crippen molar-refractivity contribution in [1.29, 1.82) is 0 Å². The Morgan fingerprint density at radius 2 is 2.00 bits per heavy atom. The minimum absolute atomic E-state index is 0.121. The Labute approximate surface area is 124 Å². The van der Waals surface area contributed by atoms with E-state index in [9.17, 15) is 0 Å². The van der Waals surface area contributed by atoms with E-state index in [0.29, 0.717) is 6.04 Å². The molecule has 0 spiro atoms. The lowest BCUT2D eigenvalue weighted by atomic mass is 9.89. The maximum absolute atomic E-state index is 4.65. The van der Waals surface area contributed by atoms with Crippen molar-refractivity contribution < 1.29 is 0 Å². The lowest BCUT2D eigenvalue weighted by molar-refractivity contribution is 0.444. The monoisotopic (exact) mass is 277 g/mol. The molecule has 2 atom stereocenters. The van der Waals surface area contributed by atoms with Crippen molar-refractivity contribution in [1.82, 2.24) is 15.1 Å². The van der Waals surface area contributed by atoms with Gasteiger partial charge in [0.25, 0.3) is 0 Å². The van der Waals surface area contributed by atoms with E-state index < -0.39 is 0 Å². The second-order valence-corrected chi connectivity index (χ2v) is 7.62. The van der Waals surface area contributed by atoms with Crippen LogP contribution in [0.1, 0.15) is 71.1 Å². The van der Waals surface area contributed by atoms with Gasteiger partial charge in [-0.05, 0) is 25.2 Å². The molecule has 1 heterocycles. The quantitative estimate of drug-likeness (QED) is 0.852. The summed E-state index contributed by atoms with van der Waals surface area (Å²) in [7, 11) is 2.02. The van der Waals surface area contributed by atoms with Crippen LogP contribution in [-0.2, 0) is 19.0 Å². The third-order valence-corrected chi connectivity index (χ3v) is 4.45. The largest absolute Gasteiger partial charge is 0.310 e. The topological polar surface area (TPSA) is 29.9 Å². The molecular weight excluding hydrogens is 246 g/mol. The van der Waals surface area contributed by atoms with Gasteiger partial charge in [-0.15, -0.1) is 0 Å². The van der Waals surface area contributed by atoms with Crippen LogP contribution in [0.4, 0.5) is 0 Å². The molecule has 0 aliphatic heterocycles. The third kappa shape index (κ3) is 4.08. The van der Waals surface area contributed by atoms with Gasteiger partial charge >= 0.3 is 0 Å². The minimum Gasteiger partial charge on any atom is -0.310 e. The van der Waals surface area contributed by atoms with E-state index in [1.54, 1.807) is 0 Å². The van der Waals surface area contributed by atoms with E-state index in [1.165, 1.54) is 43.4 Å². The zero-order valence-electron chi connectivity index (χ0n) is 13.9. The average Bonchev–Trinajstić information content (AvgIpc) is 2.60. The van der Waals surface area contributed by atoms with E-state index in [4.69, 9.17) is 0 Å². The summed E-state index contributed by atoms with van der Waals surface area (Å²) in [6.07, 6.45) is 8.97. The number of nitrogens with one attached hydrogen (secondary N) is 1. The fourth-order valence-corrected chi connectivity index (χ4v) is 3.24. The molecule has 0 radical (unpaired) electrons. The summed E-state index contributed by atoms with van der Waals surface area (Å²) in [5.41, 5.74) is 2.71. The van der Waals surface area contributed by atoms with Crippen molar-refractivity contribution in [2.75, 3.05) is 0 Å². The molecule has 3 heteroatoms. The van der Waals surface area contributed by atoms with Crippen LogP contribution in [0.2, 0.25) is 0 Å². The highest BCUT2D eigenvalue weighted by molar-refractivity contribution is 5.23. The SMILES string of the molecule is CC1CCCC(NCc2cn(C)nc2C(C)(C)C)CC1. The van der Waals surface area contributed by atoms with Gasteiger partial charge in [0.1, 0.15) is 0 Å². The van der Waals surface area contributed by atoms with Gasteiger partial charge in [-0.25, -0.2) is 0 Å². The number of aryl methyl sites for hydroxylation is 1. The zero-order valence-corrected chi connectivity index (χ0v) is 13.9. The molecular formula is C17H31N3. The van der Waals surface area contributed by atoms with E-state index in [1.807, 2.05) is 11.7 Å². The highest BCUT2D eigenvalue weighted by atomic mass is 15.3. The van der Waals surface area contributed by atoms with Gasteiger partial charge in [-0.3, -0.25) is 4.68 Å². The first-order valence-electron chi connectivity index (χ1n) is 8.12. The van der Waals surface area contributed by atoms with Crippen LogP contribution in [0.3, 0.4) is 0 Å². The fraction of sp³-hybridized carbons (Fsp3) is 0.824. The summed E-state index contributed by atoms with van der Waals surface area (Å²) in [5.74, 6) is 0.908. The number of hydrogen-bond acceptors (Lipinski definition) is 2. The highest BCUT2D eigenvalue weighted by Crippen LogP contribution is 2.26. The molecule has 1 aliphatic carbocycles. The molecule has 114 valence electrons. The second-order valence-electron chi connectivity index (χ2n) is 7.62. The molecule has 0 bridgehead atoms. The summed E-state index contributed by atoms with van der Waals surface area (Å²) in [6, 6.07) is 0.688. The summed E-state index contributed by atoms with van der Waals surface area (Å²) in [5, 5.41) is 8.42. The lowest BCUT2D eigenvalue weighted by Gasteiger charge is -2.20. The Kier molecular flexibility index (Phi) is 4.90. The molecule has 1 saturated carbocycles. The molecule has 1 aromatic heterocycles. The molecule has 3 nitrogen and oxygen atoms in total. The van der Waals surface area contributed by atoms with Crippen molar-refractivity contribution >= 4 is 0 Å². The molecule has 20 heavy (non-hydrogen) atoms. The normalized spacial score (nSPS) is 24.6. The Morgan fingerprint density at radius 3 is 2.70 bits per heavy atom. The Hall–Kier alpha value is -0.830. The number of hydrogen-bond donors (Lipinski definition) is 1.